The summed E-state index contributed by atoms with van der Waals surface area (Å²) in [5, 5.41) is 0.650. The Morgan fingerprint density at radius 2 is 2.35 bits per heavy atom. The normalized spacial score (nSPS) is 28.1. The highest BCUT2D eigenvalue weighted by Gasteiger charge is 2.52. The highest BCUT2D eigenvalue weighted by molar-refractivity contribution is 9.10. The molecule has 0 radical (unpaired) electrons. The Morgan fingerprint density at radius 1 is 1.55 bits per heavy atom. The summed E-state index contributed by atoms with van der Waals surface area (Å²) >= 11 is 9.58. The molecule has 1 saturated heterocycles. The third-order valence-corrected chi connectivity index (χ3v) is 5.77. The van der Waals surface area contributed by atoms with Crippen molar-refractivity contribution in [2.75, 3.05) is 19.6 Å². The van der Waals surface area contributed by atoms with Crippen LogP contribution in [0, 0.1) is 11.3 Å². The van der Waals surface area contributed by atoms with Gasteiger partial charge in [0.25, 0.3) is 0 Å². The molecule has 0 bridgehead atoms. The quantitative estimate of drug-likeness (QED) is 0.904. The molecule has 1 saturated carbocycles. The molecule has 1 aliphatic carbocycles. The van der Waals surface area contributed by atoms with Gasteiger partial charge in [-0.05, 0) is 49.1 Å². The molecule has 5 heteroatoms. The lowest BCUT2D eigenvalue weighted by Crippen LogP contribution is -2.45. The minimum absolute atomic E-state index is 0.159. The van der Waals surface area contributed by atoms with Crippen molar-refractivity contribution in [1.82, 2.24) is 4.90 Å². The number of benzene rings is 1. The first kappa shape index (κ1) is 14.4. The average Bonchev–Trinajstić information content (AvgIpc) is 2.66. The van der Waals surface area contributed by atoms with E-state index in [9.17, 15) is 4.79 Å². The molecule has 2 aliphatic rings. The van der Waals surface area contributed by atoms with Gasteiger partial charge in [0.05, 0.1) is 6.42 Å². The van der Waals surface area contributed by atoms with Gasteiger partial charge >= 0.3 is 0 Å². The number of carbonyl (C=O) groups excluding carboxylic acids is 1. The number of hydrogen-bond donors (Lipinski definition) is 1. The van der Waals surface area contributed by atoms with Crippen molar-refractivity contribution in [2.24, 2.45) is 17.1 Å². The maximum Gasteiger partial charge on any atom is 0.227 e. The van der Waals surface area contributed by atoms with Gasteiger partial charge in [0.15, 0.2) is 0 Å². The van der Waals surface area contributed by atoms with E-state index >= 15 is 0 Å². The fraction of sp³-hybridized carbons (Fsp3) is 0.533. The van der Waals surface area contributed by atoms with Crippen molar-refractivity contribution in [1.29, 1.82) is 0 Å². The monoisotopic (exact) mass is 356 g/mol. The molecule has 1 amide bonds. The van der Waals surface area contributed by atoms with Crippen LogP contribution in [0.1, 0.15) is 18.4 Å². The van der Waals surface area contributed by atoms with E-state index in [1.165, 1.54) is 6.42 Å². The lowest BCUT2D eigenvalue weighted by atomic mass is 9.62. The van der Waals surface area contributed by atoms with E-state index in [0.29, 0.717) is 23.9 Å². The Morgan fingerprint density at radius 3 is 2.95 bits per heavy atom. The van der Waals surface area contributed by atoms with E-state index in [4.69, 9.17) is 17.3 Å². The van der Waals surface area contributed by atoms with Gasteiger partial charge in [0.2, 0.25) is 5.91 Å². The lowest BCUT2D eigenvalue weighted by Gasteiger charge is -2.42. The van der Waals surface area contributed by atoms with Gasteiger partial charge in [-0.25, -0.2) is 0 Å². The van der Waals surface area contributed by atoms with Gasteiger partial charge in [-0.1, -0.05) is 27.5 Å². The Bertz CT molecular complexity index is 547. The highest BCUT2D eigenvalue weighted by Crippen LogP contribution is 2.51. The zero-order chi connectivity index (χ0) is 14.3. The molecule has 2 N–H and O–H groups in total. The van der Waals surface area contributed by atoms with Gasteiger partial charge < -0.3 is 10.6 Å². The molecule has 1 heterocycles. The van der Waals surface area contributed by atoms with Crippen LogP contribution in [0.15, 0.2) is 22.7 Å². The van der Waals surface area contributed by atoms with Crippen LogP contribution in [-0.2, 0) is 11.2 Å². The summed E-state index contributed by atoms with van der Waals surface area (Å²) in [4.78, 5) is 14.4. The largest absolute Gasteiger partial charge is 0.341 e. The van der Waals surface area contributed by atoms with Crippen molar-refractivity contribution in [3.8, 4) is 0 Å². The van der Waals surface area contributed by atoms with Crippen molar-refractivity contribution >= 4 is 33.4 Å². The fourth-order valence-electron chi connectivity index (χ4n) is 3.44. The predicted molar refractivity (Wildman–Crippen MR) is 83.6 cm³/mol. The first-order chi connectivity index (χ1) is 9.54. The number of rotatable bonds is 3. The van der Waals surface area contributed by atoms with E-state index < -0.39 is 0 Å². The Labute approximate surface area is 132 Å². The number of hydrogen-bond acceptors (Lipinski definition) is 2. The van der Waals surface area contributed by atoms with Gasteiger partial charge in [-0.15, -0.1) is 0 Å². The molecule has 2 fully saturated rings. The maximum absolute atomic E-state index is 12.5. The van der Waals surface area contributed by atoms with E-state index in [-0.39, 0.29) is 11.3 Å². The molecule has 1 aliphatic heterocycles. The number of fused-ring (bicyclic) bond motifs is 1. The average molecular weight is 358 g/mol. The second-order valence-corrected chi connectivity index (χ2v) is 7.31. The topological polar surface area (TPSA) is 46.3 Å². The fourth-order valence-corrected chi connectivity index (χ4v) is 4.03. The van der Waals surface area contributed by atoms with Gasteiger partial charge in [0, 0.05) is 28.0 Å². The molecule has 2 atom stereocenters. The number of nitrogens with zero attached hydrogens (tertiary/aromatic N) is 1. The van der Waals surface area contributed by atoms with Crippen LogP contribution < -0.4 is 5.73 Å². The lowest BCUT2D eigenvalue weighted by molar-refractivity contribution is -0.129. The summed E-state index contributed by atoms with van der Waals surface area (Å²) in [5.41, 5.74) is 6.99. The Kier molecular flexibility index (Phi) is 3.82. The predicted octanol–water partition coefficient (Wildman–Crippen LogP) is 2.84. The van der Waals surface area contributed by atoms with Crippen LogP contribution in [-0.4, -0.2) is 30.4 Å². The molecule has 3 nitrogen and oxygen atoms in total. The van der Waals surface area contributed by atoms with Gasteiger partial charge in [0.1, 0.15) is 0 Å². The molecule has 108 valence electrons. The minimum Gasteiger partial charge on any atom is -0.341 e. The summed E-state index contributed by atoms with van der Waals surface area (Å²) < 4.78 is 0.949. The third kappa shape index (κ3) is 2.38. The molecule has 20 heavy (non-hydrogen) atoms. The molecule has 1 aromatic carbocycles. The second kappa shape index (κ2) is 5.32. The van der Waals surface area contributed by atoms with Crippen molar-refractivity contribution in [2.45, 2.75) is 19.3 Å². The van der Waals surface area contributed by atoms with Gasteiger partial charge in [-0.3, -0.25) is 4.79 Å². The number of amides is 1. The SMILES string of the molecule is NC[C@]12CC[C@H]1CN(C(=O)Cc1cc(Br)ccc1Cl)C2. The molecule has 0 spiro atoms. The van der Waals surface area contributed by atoms with E-state index in [2.05, 4.69) is 15.9 Å². The zero-order valence-electron chi connectivity index (χ0n) is 11.2. The minimum atomic E-state index is 0.159. The Hall–Kier alpha value is -0.580. The van der Waals surface area contributed by atoms with E-state index in [1.54, 1.807) is 0 Å². The first-order valence-corrected chi connectivity index (χ1v) is 8.13. The molecular weight excluding hydrogens is 340 g/mol. The Balaban J connectivity index is 1.70. The molecular formula is C15H18BrClN2O. The number of likely N-dealkylation sites (tertiary alicyclic amines) is 1. The smallest absolute Gasteiger partial charge is 0.227 e. The summed E-state index contributed by atoms with van der Waals surface area (Å²) in [7, 11) is 0. The van der Waals surface area contributed by atoms with Crippen LogP contribution >= 0.6 is 27.5 Å². The van der Waals surface area contributed by atoms with E-state index in [0.717, 1.165) is 29.5 Å². The van der Waals surface area contributed by atoms with Crippen molar-refractivity contribution in [3.05, 3.63) is 33.3 Å². The molecule has 3 rings (SSSR count). The summed E-state index contributed by atoms with van der Waals surface area (Å²) in [6, 6.07) is 5.63. The summed E-state index contributed by atoms with van der Waals surface area (Å²) in [5.74, 6) is 0.765. The molecule has 1 aromatic rings. The summed E-state index contributed by atoms with van der Waals surface area (Å²) in [6.07, 6.45) is 2.74. The van der Waals surface area contributed by atoms with Crippen molar-refractivity contribution in [3.63, 3.8) is 0 Å². The third-order valence-electron chi connectivity index (χ3n) is 4.91. The van der Waals surface area contributed by atoms with E-state index in [1.807, 2.05) is 23.1 Å². The van der Waals surface area contributed by atoms with Crippen molar-refractivity contribution < 1.29 is 4.79 Å². The highest BCUT2D eigenvalue weighted by atomic mass is 79.9. The summed E-state index contributed by atoms with van der Waals surface area (Å²) in [6.45, 7) is 2.37. The first-order valence-electron chi connectivity index (χ1n) is 6.96. The standard InChI is InChI=1S/C15H18BrClN2O/c16-12-1-2-13(17)10(5-12)6-14(20)19-7-11-3-4-15(11,8-18)9-19/h1-2,5,11H,3-4,6-9,18H2/t11-,15-/m0/s1. The zero-order valence-corrected chi connectivity index (χ0v) is 13.6. The maximum atomic E-state index is 12.5. The molecule has 0 unspecified atom stereocenters. The van der Waals surface area contributed by atoms with Crippen LogP contribution in [0.2, 0.25) is 5.02 Å². The second-order valence-electron chi connectivity index (χ2n) is 5.99. The number of halogens is 2. The van der Waals surface area contributed by atoms with Crippen LogP contribution in [0.4, 0.5) is 0 Å². The molecule has 0 aromatic heterocycles. The van der Waals surface area contributed by atoms with Crippen LogP contribution in [0.3, 0.4) is 0 Å². The van der Waals surface area contributed by atoms with Crippen LogP contribution in [0.5, 0.6) is 0 Å². The number of nitrogens with two attached hydrogens (primary N) is 1. The van der Waals surface area contributed by atoms with Crippen LogP contribution in [0.25, 0.3) is 0 Å². The number of carbonyl (C=O) groups is 1. The van der Waals surface area contributed by atoms with Gasteiger partial charge in [-0.2, -0.15) is 0 Å².